The lowest BCUT2D eigenvalue weighted by molar-refractivity contribution is -0.240. The number of fused-ring (bicyclic) bond motifs is 5. The number of ether oxygens (including phenoxy) is 3. The molecule has 0 aromatic heterocycles. The second-order valence-electron chi connectivity index (χ2n) is 16.7. The van der Waals surface area contributed by atoms with Gasteiger partial charge in [0.1, 0.15) is 5.75 Å². The molecule has 1 aromatic rings. The van der Waals surface area contributed by atoms with Crippen LogP contribution in [0.1, 0.15) is 138 Å². The molecule has 3 aliphatic carbocycles. The van der Waals surface area contributed by atoms with Gasteiger partial charge >= 0.3 is 0 Å². The second kappa shape index (κ2) is 11.6. The minimum atomic E-state index is -0.240. The maximum atomic E-state index is 6.96. The molecule has 5 atom stereocenters. The van der Waals surface area contributed by atoms with Gasteiger partial charge in [-0.15, -0.1) is 0 Å². The van der Waals surface area contributed by atoms with Crippen LogP contribution < -0.4 is 4.74 Å². The smallest absolute Gasteiger partial charge is 0.119 e. The molecule has 0 radical (unpaired) electrons. The SMILES string of the molecule is CCCOc1ccc2c(c1)CCC1C2CCC2(C)C(OCCCOC(C(C)(C)C)(C(C)(C)C)C(C)(C)C)CCC12. The zero-order chi connectivity index (χ0) is 29.6. The van der Waals surface area contributed by atoms with E-state index in [0.717, 1.165) is 56.2 Å². The molecule has 5 unspecified atom stereocenters. The molecule has 228 valence electrons. The average Bonchev–Trinajstić information content (AvgIpc) is 3.18. The predicted octanol–water partition coefficient (Wildman–Crippen LogP) is 10.0. The van der Waals surface area contributed by atoms with Gasteiger partial charge < -0.3 is 14.2 Å². The van der Waals surface area contributed by atoms with Crippen molar-refractivity contribution >= 4 is 0 Å². The summed E-state index contributed by atoms with van der Waals surface area (Å²) in [6.07, 6.45) is 10.1. The molecule has 0 heterocycles. The molecule has 3 nitrogen and oxygen atoms in total. The Labute approximate surface area is 247 Å². The largest absolute Gasteiger partial charge is 0.494 e. The van der Waals surface area contributed by atoms with Crippen LogP contribution >= 0.6 is 0 Å². The highest BCUT2D eigenvalue weighted by atomic mass is 16.5. The first-order valence-electron chi connectivity index (χ1n) is 16.6. The van der Waals surface area contributed by atoms with Gasteiger partial charge in [-0.3, -0.25) is 0 Å². The van der Waals surface area contributed by atoms with Crippen molar-refractivity contribution in [3.8, 4) is 5.75 Å². The lowest BCUT2D eigenvalue weighted by Crippen LogP contribution is -2.63. The van der Waals surface area contributed by atoms with E-state index in [9.17, 15) is 0 Å². The van der Waals surface area contributed by atoms with Crippen LogP contribution in [0.4, 0.5) is 0 Å². The third-order valence-electron chi connectivity index (χ3n) is 11.2. The normalized spacial score (nSPS) is 29.1. The minimum absolute atomic E-state index is 0.0257. The first-order chi connectivity index (χ1) is 18.6. The molecule has 0 saturated heterocycles. The average molecular weight is 555 g/mol. The number of aryl methyl sites for hydroxylation is 1. The minimum Gasteiger partial charge on any atom is -0.494 e. The summed E-state index contributed by atoms with van der Waals surface area (Å²) in [5.74, 6) is 3.36. The molecule has 4 rings (SSSR count). The fourth-order valence-corrected chi connectivity index (χ4v) is 10.6. The molecular formula is C37H62O3. The van der Waals surface area contributed by atoms with Gasteiger partial charge in [-0.1, -0.05) is 82.2 Å². The molecule has 0 bridgehead atoms. The second-order valence-corrected chi connectivity index (χ2v) is 16.7. The molecule has 3 aliphatic rings. The molecule has 3 heteroatoms. The Balaban J connectivity index is 1.36. The van der Waals surface area contributed by atoms with Crippen LogP contribution in [0.3, 0.4) is 0 Å². The number of rotatable bonds is 9. The molecular weight excluding hydrogens is 492 g/mol. The van der Waals surface area contributed by atoms with E-state index < -0.39 is 0 Å². The molecule has 0 amide bonds. The van der Waals surface area contributed by atoms with Gasteiger partial charge in [0.25, 0.3) is 0 Å². The fraction of sp³-hybridized carbons (Fsp3) is 0.838. The monoisotopic (exact) mass is 554 g/mol. The van der Waals surface area contributed by atoms with Gasteiger partial charge in [-0.25, -0.2) is 0 Å². The Morgan fingerprint density at radius 2 is 1.50 bits per heavy atom. The lowest BCUT2D eigenvalue weighted by atomic mass is 9.52. The van der Waals surface area contributed by atoms with E-state index in [-0.39, 0.29) is 21.8 Å². The molecule has 0 spiro atoms. The fourth-order valence-electron chi connectivity index (χ4n) is 10.6. The van der Waals surface area contributed by atoms with E-state index in [1.165, 1.54) is 38.5 Å². The first-order valence-corrected chi connectivity index (χ1v) is 16.6. The van der Waals surface area contributed by atoms with Crippen molar-refractivity contribution < 1.29 is 14.2 Å². The Morgan fingerprint density at radius 1 is 0.825 bits per heavy atom. The highest BCUT2D eigenvalue weighted by molar-refractivity contribution is 5.40. The van der Waals surface area contributed by atoms with Crippen molar-refractivity contribution in [1.82, 2.24) is 0 Å². The third kappa shape index (κ3) is 5.64. The van der Waals surface area contributed by atoms with Crippen molar-refractivity contribution in [1.29, 1.82) is 0 Å². The Morgan fingerprint density at radius 3 is 2.12 bits per heavy atom. The summed E-state index contributed by atoms with van der Waals surface area (Å²) in [5.41, 5.74) is 3.31. The summed E-state index contributed by atoms with van der Waals surface area (Å²) in [6, 6.07) is 6.96. The summed E-state index contributed by atoms with van der Waals surface area (Å²) in [6.45, 7) is 28.2. The third-order valence-corrected chi connectivity index (χ3v) is 11.2. The zero-order valence-electron chi connectivity index (χ0n) is 28.0. The van der Waals surface area contributed by atoms with Crippen molar-refractivity contribution in [3.05, 3.63) is 29.3 Å². The Kier molecular flexibility index (Phi) is 9.20. The van der Waals surface area contributed by atoms with Gasteiger partial charge in [0.15, 0.2) is 0 Å². The van der Waals surface area contributed by atoms with Crippen molar-refractivity contribution in [3.63, 3.8) is 0 Å². The molecule has 2 saturated carbocycles. The maximum absolute atomic E-state index is 6.96. The quantitative estimate of drug-likeness (QED) is 0.284. The molecule has 1 aromatic carbocycles. The van der Waals surface area contributed by atoms with E-state index in [4.69, 9.17) is 14.2 Å². The van der Waals surface area contributed by atoms with Gasteiger partial charge in [0, 0.05) is 13.2 Å². The summed E-state index contributed by atoms with van der Waals surface area (Å²) in [7, 11) is 0. The summed E-state index contributed by atoms with van der Waals surface area (Å²) in [4.78, 5) is 0. The van der Waals surface area contributed by atoms with E-state index in [1.54, 1.807) is 11.1 Å². The topological polar surface area (TPSA) is 27.7 Å². The van der Waals surface area contributed by atoms with Crippen LogP contribution in [0.2, 0.25) is 0 Å². The van der Waals surface area contributed by atoms with Crippen LogP contribution in [-0.4, -0.2) is 31.5 Å². The molecule has 0 aliphatic heterocycles. The molecule has 2 fully saturated rings. The van der Waals surface area contributed by atoms with E-state index in [2.05, 4.69) is 94.4 Å². The summed E-state index contributed by atoms with van der Waals surface area (Å²) in [5, 5.41) is 0. The lowest BCUT2D eigenvalue weighted by Gasteiger charge is -2.60. The standard InChI is InChI=1S/C37H62O3/c1-12-22-38-27-15-17-28-26(25-27)14-16-30-29(28)20-21-36(11)31(30)18-19-32(36)39-23-13-24-40-37(33(2,3)4,34(5,6)7)35(8,9)10/h15,17,25,29-32H,12-14,16,18-24H2,1-11H3. The maximum Gasteiger partial charge on any atom is 0.119 e. The van der Waals surface area contributed by atoms with Gasteiger partial charge in [0.2, 0.25) is 0 Å². The van der Waals surface area contributed by atoms with Crippen molar-refractivity contribution in [2.24, 2.45) is 33.5 Å². The Bertz CT molecular complexity index is 954. The highest BCUT2D eigenvalue weighted by Crippen LogP contribution is 2.62. The molecule has 40 heavy (non-hydrogen) atoms. The number of benzene rings is 1. The number of hydrogen-bond donors (Lipinski definition) is 0. The van der Waals surface area contributed by atoms with Crippen LogP contribution in [0.15, 0.2) is 18.2 Å². The Hall–Kier alpha value is -1.06. The predicted molar refractivity (Wildman–Crippen MR) is 168 cm³/mol. The van der Waals surface area contributed by atoms with Gasteiger partial charge in [-0.05, 0) is 114 Å². The van der Waals surface area contributed by atoms with Crippen LogP contribution in [-0.2, 0) is 15.9 Å². The zero-order valence-corrected chi connectivity index (χ0v) is 28.0. The van der Waals surface area contributed by atoms with E-state index in [1.807, 2.05) is 0 Å². The van der Waals surface area contributed by atoms with E-state index >= 15 is 0 Å². The van der Waals surface area contributed by atoms with E-state index in [0.29, 0.717) is 11.5 Å². The van der Waals surface area contributed by atoms with Crippen molar-refractivity contribution in [2.45, 2.75) is 145 Å². The van der Waals surface area contributed by atoms with Crippen LogP contribution in [0, 0.1) is 33.5 Å². The summed E-state index contributed by atoms with van der Waals surface area (Å²) >= 11 is 0. The summed E-state index contributed by atoms with van der Waals surface area (Å²) < 4.78 is 19.7. The van der Waals surface area contributed by atoms with Crippen molar-refractivity contribution in [2.75, 3.05) is 19.8 Å². The van der Waals surface area contributed by atoms with Crippen LogP contribution in [0.5, 0.6) is 5.75 Å². The molecule has 0 N–H and O–H groups in total. The first kappa shape index (κ1) is 31.9. The highest BCUT2D eigenvalue weighted by Gasteiger charge is 2.59. The van der Waals surface area contributed by atoms with Gasteiger partial charge in [0.05, 0.1) is 18.3 Å². The number of hydrogen-bond acceptors (Lipinski definition) is 3. The van der Waals surface area contributed by atoms with Crippen LogP contribution in [0.25, 0.3) is 0 Å². The van der Waals surface area contributed by atoms with Gasteiger partial charge in [-0.2, -0.15) is 0 Å².